The maximum atomic E-state index is 10.1. The first-order chi connectivity index (χ1) is 10.3. The number of aryl methyl sites for hydroxylation is 1. The second-order valence-corrected chi connectivity index (χ2v) is 6.26. The van der Waals surface area contributed by atoms with E-state index in [2.05, 4.69) is 11.1 Å². The summed E-state index contributed by atoms with van der Waals surface area (Å²) in [6.45, 7) is 0.448. The minimum atomic E-state index is -0.352. The summed E-state index contributed by atoms with van der Waals surface area (Å²) in [5, 5.41) is 12.1. The van der Waals surface area contributed by atoms with Crippen molar-refractivity contribution < 1.29 is 9.84 Å². The molecule has 4 rings (SSSR count). The van der Waals surface area contributed by atoms with E-state index in [1.165, 1.54) is 5.56 Å². The summed E-state index contributed by atoms with van der Waals surface area (Å²) in [5.74, 6) is 0.797. The van der Waals surface area contributed by atoms with Crippen molar-refractivity contribution >= 4 is 16.3 Å². The van der Waals surface area contributed by atoms with Gasteiger partial charge in [0.05, 0.1) is 11.8 Å². The highest BCUT2D eigenvalue weighted by atomic mass is 32.1. The molecule has 0 bridgehead atoms. The van der Waals surface area contributed by atoms with Gasteiger partial charge in [-0.1, -0.05) is 6.07 Å². The van der Waals surface area contributed by atoms with Gasteiger partial charge in [0.15, 0.2) is 4.96 Å². The van der Waals surface area contributed by atoms with Crippen molar-refractivity contribution in [1.29, 1.82) is 0 Å². The number of benzene rings is 1. The first-order valence-electron chi connectivity index (χ1n) is 7.14. The van der Waals surface area contributed by atoms with Crippen LogP contribution in [0.5, 0.6) is 5.75 Å². The van der Waals surface area contributed by atoms with E-state index in [0.717, 1.165) is 41.2 Å². The van der Waals surface area contributed by atoms with Gasteiger partial charge in [-0.3, -0.25) is 4.40 Å². The molecule has 1 N–H and O–H groups in total. The van der Waals surface area contributed by atoms with E-state index in [1.807, 2.05) is 34.3 Å². The lowest BCUT2D eigenvalue weighted by Crippen LogP contribution is -2.09. The van der Waals surface area contributed by atoms with E-state index < -0.39 is 0 Å². The van der Waals surface area contributed by atoms with Gasteiger partial charge >= 0.3 is 0 Å². The maximum absolute atomic E-state index is 10.1. The topological polar surface area (TPSA) is 46.8 Å². The number of fused-ring (bicyclic) bond motifs is 2. The number of imidazole rings is 1. The largest absolute Gasteiger partial charge is 0.487 e. The molecule has 5 heteroatoms. The van der Waals surface area contributed by atoms with Crippen LogP contribution in [0.25, 0.3) is 4.96 Å². The summed E-state index contributed by atoms with van der Waals surface area (Å²) in [7, 11) is 0. The van der Waals surface area contributed by atoms with E-state index in [4.69, 9.17) is 4.74 Å². The molecule has 3 aromatic rings. The predicted octanol–water partition coefficient (Wildman–Crippen LogP) is 3.34. The fourth-order valence-corrected chi connectivity index (χ4v) is 3.56. The molecule has 0 fully saturated rings. The normalized spacial score (nSPS) is 17.9. The molecule has 0 unspecified atom stereocenters. The molecule has 1 aliphatic carbocycles. The van der Waals surface area contributed by atoms with Crippen LogP contribution in [0.3, 0.4) is 0 Å². The third kappa shape index (κ3) is 2.43. The van der Waals surface area contributed by atoms with Gasteiger partial charge in [0.2, 0.25) is 0 Å². The average molecular weight is 300 g/mol. The first kappa shape index (κ1) is 12.9. The molecule has 0 spiro atoms. The molecule has 0 radical (unpaired) electrons. The van der Waals surface area contributed by atoms with Crippen LogP contribution in [0.4, 0.5) is 0 Å². The summed E-state index contributed by atoms with van der Waals surface area (Å²) in [6, 6.07) is 6.02. The Morgan fingerprint density at radius 2 is 2.38 bits per heavy atom. The Balaban J connectivity index is 1.52. The van der Waals surface area contributed by atoms with Gasteiger partial charge in [0.25, 0.3) is 0 Å². The van der Waals surface area contributed by atoms with E-state index in [-0.39, 0.29) is 6.10 Å². The fourth-order valence-electron chi connectivity index (χ4n) is 2.84. The van der Waals surface area contributed by atoms with Gasteiger partial charge in [-0.15, -0.1) is 11.3 Å². The number of rotatable bonds is 3. The van der Waals surface area contributed by atoms with Gasteiger partial charge in [-0.2, -0.15) is 0 Å². The zero-order chi connectivity index (χ0) is 14.2. The molecule has 0 amide bonds. The summed E-state index contributed by atoms with van der Waals surface area (Å²) < 4.78 is 7.82. The summed E-state index contributed by atoms with van der Waals surface area (Å²) in [4.78, 5) is 5.48. The molecule has 1 aliphatic rings. The number of thiazole rings is 1. The van der Waals surface area contributed by atoms with Crippen molar-refractivity contribution in [2.45, 2.75) is 32.0 Å². The molecule has 0 aliphatic heterocycles. The Bertz CT molecular complexity index is 749. The highest BCUT2D eigenvalue weighted by Gasteiger charge is 2.18. The van der Waals surface area contributed by atoms with Crippen LogP contribution >= 0.6 is 11.3 Å². The minimum Gasteiger partial charge on any atom is -0.487 e. The van der Waals surface area contributed by atoms with Crippen molar-refractivity contribution in [2.24, 2.45) is 0 Å². The zero-order valence-corrected chi connectivity index (χ0v) is 12.3. The van der Waals surface area contributed by atoms with Crippen LogP contribution in [0, 0.1) is 0 Å². The smallest absolute Gasteiger partial charge is 0.193 e. The fraction of sp³-hybridized carbons (Fsp3) is 0.312. The SMILES string of the molecule is O[C@H]1CCCc2ccc(OCc3cn4ccsc4n3)cc21. The van der Waals surface area contributed by atoms with Crippen LogP contribution in [-0.2, 0) is 13.0 Å². The molecule has 1 aromatic carbocycles. The Hall–Kier alpha value is -1.85. The summed E-state index contributed by atoms with van der Waals surface area (Å²) in [6.07, 6.45) is 6.57. The maximum Gasteiger partial charge on any atom is 0.193 e. The lowest BCUT2D eigenvalue weighted by atomic mass is 9.89. The summed E-state index contributed by atoms with van der Waals surface area (Å²) >= 11 is 1.61. The minimum absolute atomic E-state index is 0.352. The molecular weight excluding hydrogens is 284 g/mol. The van der Waals surface area contributed by atoms with Gasteiger partial charge < -0.3 is 9.84 Å². The van der Waals surface area contributed by atoms with Crippen molar-refractivity contribution in [3.8, 4) is 5.75 Å². The van der Waals surface area contributed by atoms with Gasteiger partial charge in [0, 0.05) is 17.8 Å². The van der Waals surface area contributed by atoms with Crippen LogP contribution in [0.15, 0.2) is 36.0 Å². The van der Waals surface area contributed by atoms with Crippen molar-refractivity contribution in [2.75, 3.05) is 0 Å². The number of aliphatic hydroxyl groups is 1. The van der Waals surface area contributed by atoms with Crippen molar-refractivity contribution in [1.82, 2.24) is 9.38 Å². The lowest BCUT2D eigenvalue weighted by molar-refractivity contribution is 0.156. The van der Waals surface area contributed by atoms with Crippen molar-refractivity contribution in [3.05, 3.63) is 52.8 Å². The molecular formula is C16H16N2O2S. The van der Waals surface area contributed by atoms with E-state index >= 15 is 0 Å². The quantitative estimate of drug-likeness (QED) is 0.807. The molecule has 2 heterocycles. The Labute approximate surface area is 126 Å². The van der Waals surface area contributed by atoms with Gasteiger partial charge in [-0.25, -0.2) is 4.98 Å². The first-order valence-corrected chi connectivity index (χ1v) is 8.02. The highest BCUT2D eigenvalue weighted by Crippen LogP contribution is 2.32. The third-order valence-electron chi connectivity index (χ3n) is 3.93. The number of nitrogens with zero attached hydrogens (tertiary/aromatic N) is 2. The van der Waals surface area contributed by atoms with Crippen molar-refractivity contribution in [3.63, 3.8) is 0 Å². The third-order valence-corrected chi connectivity index (χ3v) is 4.70. The number of aromatic nitrogens is 2. The monoisotopic (exact) mass is 300 g/mol. The predicted molar refractivity (Wildman–Crippen MR) is 81.7 cm³/mol. The molecule has 0 saturated heterocycles. The molecule has 4 nitrogen and oxygen atoms in total. The second kappa shape index (κ2) is 5.16. The molecule has 108 valence electrons. The van der Waals surface area contributed by atoms with E-state index in [9.17, 15) is 5.11 Å². The van der Waals surface area contributed by atoms with Crippen LogP contribution < -0.4 is 4.74 Å². The second-order valence-electron chi connectivity index (χ2n) is 5.38. The molecule has 2 aromatic heterocycles. The Morgan fingerprint density at radius 3 is 3.29 bits per heavy atom. The molecule has 1 atom stereocenters. The standard InChI is InChI=1S/C16H16N2O2S/c19-15-3-1-2-11-4-5-13(8-14(11)15)20-10-12-9-18-6-7-21-16(18)17-12/h4-9,15,19H,1-3,10H2/t15-/m0/s1. The van der Waals surface area contributed by atoms with Crippen LogP contribution in [-0.4, -0.2) is 14.5 Å². The highest BCUT2D eigenvalue weighted by molar-refractivity contribution is 7.15. The van der Waals surface area contributed by atoms with Crippen LogP contribution in [0.1, 0.15) is 35.8 Å². The van der Waals surface area contributed by atoms with Gasteiger partial charge in [-0.05, 0) is 42.5 Å². The number of hydrogen-bond acceptors (Lipinski definition) is 4. The molecule has 21 heavy (non-hydrogen) atoms. The number of hydrogen-bond donors (Lipinski definition) is 1. The summed E-state index contributed by atoms with van der Waals surface area (Å²) in [5.41, 5.74) is 3.17. The number of aliphatic hydroxyl groups excluding tert-OH is 1. The Morgan fingerprint density at radius 1 is 1.43 bits per heavy atom. The lowest BCUT2D eigenvalue weighted by Gasteiger charge is -2.21. The zero-order valence-electron chi connectivity index (χ0n) is 11.5. The van der Waals surface area contributed by atoms with E-state index in [0.29, 0.717) is 6.61 Å². The Kier molecular flexibility index (Phi) is 3.16. The average Bonchev–Trinajstić information content (AvgIpc) is 3.07. The van der Waals surface area contributed by atoms with Gasteiger partial charge in [0.1, 0.15) is 12.4 Å². The van der Waals surface area contributed by atoms with Crippen LogP contribution in [0.2, 0.25) is 0 Å². The number of ether oxygens (including phenoxy) is 1. The van der Waals surface area contributed by atoms with E-state index in [1.54, 1.807) is 11.3 Å². The molecule has 0 saturated carbocycles.